The third kappa shape index (κ3) is 2.14. The Hall–Kier alpha value is -1.36. The lowest BCUT2D eigenvalue weighted by Gasteiger charge is -2.31. The van der Waals surface area contributed by atoms with Crippen molar-refractivity contribution >= 4 is 5.91 Å². The quantitative estimate of drug-likeness (QED) is 0.891. The minimum Gasteiger partial charge on any atom is -0.393 e. The smallest absolute Gasteiger partial charge is 0.257 e. The average Bonchev–Trinajstić information content (AvgIpc) is 3.11. The molecule has 20 heavy (non-hydrogen) atoms. The summed E-state index contributed by atoms with van der Waals surface area (Å²) in [5.74, 6) is 0.343. The van der Waals surface area contributed by atoms with Crippen LogP contribution in [0.5, 0.6) is 0 Å². The van der Waals surface area contributed by atoms with Crippen molar-refractivity contribution in [1.29, 1.82) is 0 Å². The van der Waals surface area contributed by atoms with Crippen LogP contribution in [0.1, 0.15) is 48.2 Å². The molecule has 5 heteroatoms. The minimum absolute atomic E-state index is 0.0807. The van der Waals surface area contributed by atoms with E-state index in [1.165, 1.54) is 0 Å². The number of aliphatic hydroxyl groups excluding tert-OH is 1. The van der Waals surface area contributed by atoms with Crippen LogP contribution >= 0.6 is 0 Å². The molecule has 3 rings (SSSR count). The molecule has 5 nitrogen and oxygen atoms in total. The highest BCUT2D eigenvalue weighted by Gasteiger charge is 2.40. The highest BCUT2D eigenvalue weighted by molar-refractivity contribution is 5.95. The highest BCUT2D eigenvalue weighted by atomic mass is 16.3. The molecule has 0 bridgehead atoms. The van der Waals surface area contributed by atoms with E-state index in [9.17, 15) is 9.90 Å². The monoisotopic (exact) mass is 277 g/mol. The van der Waals surface area contributed by atoms with Gasteiger partial charge in [-0.1, -0.05) is 6.42 Å². The van der Waals surface area contributed by atoms with Crippen molar-refractivity contribution in [3.8, 4) is 0 Å². The van der Waals surface area contributed by atoms with E-state index in [0.717, 1.165) is 44.3 Å². The average molecular weight is 277 g/mol. The van der Waals surface area contributed by atoms with E-state index in [1.54, 1.807) is 10.9 Å². The van der Waals surface area contributed by atoms with E-state index in [0.29, 0.717) is 5.56 Å². The molecule has 3 unspecified atom stereocenters. The number of likely N-dealkylation sites (tertiary alicyclic amines) is 1. The number of hydrogen-bond acceptors (Lipinski definition) is 3. The number of rotatable bonds is 2. The summed E-state index contributed by atoms with van der Waals surface area (Å²) in [6.45, 7) is 2.73. The highest BCUT2D eigenvalue weighted by Crippen LogP contribution is 2.36. The van der Waals surface area contributed by atoms with Gasteiger partial charge < -0.3 is 10.0 Å². The van der Waals surface area contributed by atoms with E-state index in [-0.39, 0.29) is 24.0 Å². The van der Waals surface area contributed by atoms with E-state index in [1.807, 2.05) is 18.9 Å². The molecule has 1 aliphatic heterocycles. The first kappa shape index (κ1) is 13.6. The molecule has 1 aliphatic carbocycles. The van der Waals surface area contributed by atoms with Gasteiger partial charge in [-0.2, -0.15) is 5.10 Å². The Balaban J connectivity index is 1.81. The lowest BCUT2D eigenvalue weighted by atomic mass is 9.93. The maximum Gasteiger partial charge on any atom is 0.257 e. The number of amides is 1. The molecule has 0 radical (unpaired) electrons. The van der Waals surface area contributed by atoms with Crippen molar-refractivity contribution in [2.45, 2.75) is 51.2 Å². The third-order valence-corrected chi connectivity index (χ3v) is 5.05. The van der Waals surface area contributed by atoms with Crippen molar-refractivity contribution in [1.82, 2.24) is 14.7 Å². The van der Waals surface area contributed by atoms with Crippen molar-refractivity contribution < 1.29 is 9.90 Å². The summed E-state index contributed by atoms with van der Waals surface area (Å²) in [6, 6.07) is 0.208. The number of aromatic nitrogens is 2. The molecule has 1 N–H and O–H groups in total. The first-order valence-electron chi connectivity index (χ1n) is 7.57. The minimum atomic E-state index is -0.233. The van der Waals surface area contributed by atoms with Gasteiger partial charge in [-0.25, -0.2) is 0 Å². The molecule has 0 spiro atoms. The molecule has 3 atom stereocenters. The number of carbonyl (C=O) groups is 1. The van der Waals surface area contributed by atoms with Gasteiger partial charge in [-0.3, -0.25) is 9.48 Å². The lowest BCUT2D eigenvalue weighted by Crippen LogP contribution is -2.42. The Kier molecular flexibility index (Phi) is 3.54. The fourth-order valence-corrected chi connectivity index (χ4v) is 3.77. The predicted octanol–water partition coefficient (Wildman–Crippen LogP) is 1.49. The molecule has 2 aliphatic rings. The van der Waals surface area contributed by atoms with E-state index >= 15 is 0 Å². The van der Waals surface area contributed by atoms with Crippen LogP contribution in [0.15, 0.2) is 6.20 Å². The molecule has 1 amide bonds. The van der Waals surface area contributed by atoms with E-state index < -0.39 is 0 Å². The van der Waals surface area contributed by atoms with Crippen LogP contribution in [-0.4, -0.2) is 44.4 Å². The van der Waals surface area contributed by atoms with Crippen LogP contribution in [0.2, 0.25) is 0 Å². The molecule has 0 aromatic carbocycles. The predicted molar refractivity (Wildman–Crippen MR) is 75.4 cm³/mol. The number of aliphatic hydroxyl groups is 1. The molecule has 1 saturated carbocycles. The molecular weight excluding hydrogens is 254 g/mol. The summed E-state index contributed by atoms with van der Waals surface area (Å²) in [7, 11) is 1.86. The molecular formula is C15H23N3O2. The van der Waals surface area contributed by atoms with Crippen molar-refractivity contribution in [2.75, 3.05) is 6.54 Å². The Labute approximate surface area is 119 Å². The largest absolute Gasteiger partial charge is 0.393 e. The number of nitrogens with zero attached hydrogens (tertiary/aromatic N) is 3. The summed E-state index contributed by atoms with van der Waals surface area (Å²) in [4.78, 5) is 14.7. The zero-order chi connectivity index (χ0) is 14.3. The van der Waals surface area contributed by atoms with Gasteiger partial charge >= 0.3 is 0 Å². The second-order valence-corrected chi connectivity index (χ2v) is 6.14. The second-order valence-electron chi connectivity index (χ2n) is 6.14. The van der Waals surface area contributed by atoms with E-state index in [4.69, 9.17) is 0 Å². The van der Waals surface area contributed by atoms with Crippen LogP contribution in [0.25, 0.3) is 0 Å². The van der Waals surface area contributed by atoms with Crippen LogP contribution in [0.4, 0.5) is 0 Å². The lowest BCUT2D eigenvalue weighted by molar-refractivity contribution is 0.0527. The van der Waals surface area contributed by atoms with Gasteiger partial charge in [-0.15, -0.1) is 0 Å². The zero-order valence-corrected chi connectivity index (χ0v) is 12.2. The molecule has 110 valence electrons. The Bertz CT molecular complexity index is 511. The van der Waals surface area contributed by atoms with Crippen molar-refractivity contribution in [3.63, 3.8) is 0 Å². The molecule has 2 fully saturated rings. The maximum absolute atomic E-state index is 12.7. The molecule has 1 saturated heterocycles. The standard InChI is InChI=1S/C15H23N3O2/c1-10-12(9-16-17(10)2)15(20)18-8-4-6-13(18)11-5-3-7-14(11)19/h9,11,13-14,19H,3-8H2,1-2H3. The summed E-state index contributed by atoms with van der Waals surface area (Å²) in [5.41, 5.74) is 1.61. The topological polar surface area (TPSA) is 58.4 Å². The Morgan fingerprint density at radius 3 is 2.75 bits per heavy atom. The molecule has 1 aromatic heterocycles. The van der Waals surface area contributed by atoms with Crippen LogP contribution in [0, 0.1) is 12.8 Å². The normalized spacial score (nSPS) is 30.1. The first-order valence-corrected chi connectivity index (χ1v) is 7.57. The van der Waals surface area contributed by atoms with Gasteiger partial charge in [0, 0.05) is 31.2 Å². The van der Waals surface area contributed by atoms with Gasteiger partial charge in [0.15, 0.2) is 0 Å². The third-order valence-electron chi connectivity index (χ3n) is 5.05. The maximum atomic E-state index is 12.7. The van der Waals surface area contributed by atoms with Gasteiger partial charge in [0.1, 0.15) is 0 Å². The summed E-state index contributed by atoms with van der Waals surface area (Å²) >= 11 is 0. The van der Waals surface area contributed by atoms with Gasteiger partial charge in [-0.05, 0) is 32.6 Å². The second kappa shape index (κ2) is 5.20. The van der Waals surface area contributed by atoms with E-state index in [2.05, 4.69) is 5.10 Å². The number of hydrogen-bond donors (Lipinski definition) is 1. The first-order chi connectivity index (χ1) is 9.59. The summed E-state index contributed by atoms with van der Waals surface area (Å²) in [6.07, 6.45) is 6.50. The SMILES string of the molecule is Cc1c(C(=O)N2CCCC2C2CCCC2O)cnn1C. The Morgan fingerprint density at radius 1 is 1.35 bits per heavy atom. The summed E-state index contributed by atoms with van der Waals surface area (Å²) in [5, 5.41) is 14.3. The number of aryl methyl sites for hydroxylation is 1. The van der Waals surface area contributed by atoms with Gasteiger partial charge in [0.2, 0.25) is 0 Å². The van der Waals surface area contributed by atoms with Gasteiger partial charge in [0.05, 0.1) is 17.9 Å². The zero-order valence-electron chi connectivity index (χ0n) is 12.2. The van der Waals surface area contributed by atoms with Crippen LogP contribution in [-0.2, 0) is 7.05 Å². The van der Waals surface area contributed by atoms with Crippen LogP contribution < -0.4 is 0 Å². The fourth-order valence-electron chi connectivity index (χ4n) is 3.77. The van der Waals surface area contributed by atoms with Crippen molar-refractivity contribution in [3.05, 3.63) is 17.5 Å². The van der Waals surface area contributed by atoms with Crippen molar-refractivity contribution in [2.24, 2.45) is 13.0 Å². The molecule has 1 aromatic rings. The fraction of sp³-hybridized carbons (Fsp3) is 0.733. The van der Waals surface area contributed by atoms with Crippen LogP contribution in [0.3, 0.4) is 0 Å². The number of carbonyl (C=O) groups excluding carboxylic acids is 1. The Morgan fingerprint density at radius 2 is 2.15 bits per heavy atom. The summed E-state index contributed by atoms with van der Waals surface area (Å²) < 4.78 is 1.74. The molecule has 2 heterocycles. The van der Waals surface area contributed by atoms with Gasteiger partial charge in [0.25, 0.3) is 5.91 Å².